The molecule has 1 aromatic heterocycles. The van der Waals surface area contributed by atoms with Gasteiger partial charge in [-0.1, -0.05) is 124 Å². The second-order valence-electron chi connectivity index (χ2n) is 17.4. The molecule has 7 aromatic rings. The molecule has 2 spiro atoms. The minimum Gasteiger partial charge on any atom is -0.310 e. The molecule has 0 radical (unpaired) electrons. The zero-order valence-corrected chi connectivity index (χ0v) is 32.1. The highest BCUT2D eigenvalue weighted by Gasteiger charge is 2.56. The van der Waals surface area contributed by atoms with Gasteiger partial charge in [-0.3, -0.25) is 0 Å². The Bertz CT molecular complexity index is 2630. The van der Waals surface area contributed by atoms with Crippen LogP contribution in [-0.2, 0) is 10.8 Å². The van der Waals surface area contributed by atoms with E-state index in [9.17, 15) is 0 Å². The lowest BCUT2D eigenvalue weighted by molar-refractivity contribution is 0.0557. The summed E-state index contributed by atoms with van der Waals surface area (Å²) in [6.45, 7) is 2.47. The number of benzene rings is 6. The van der Waals surface area contributed by atoms with Crippen LogP contribution in [0, 0.1) is 17.8 Å². The summed E-state index contributed by atoms with van der Waals surface area (Å²) >= 11 is 1.92. The Morgan fingerprint density at radius 1 is 0.593 bits per heavy atom. The number of rotatable bonds is 4. The van der Waals surface area contributed by atoms with Crippen LogP contribution in [0.1, 0.15) is 93.4 Å². The van der Waals surface area contributed by atoms with Gasteiger partial charge in [0, 0.05) is 42.4 Å². The van der Waals surface area contributed by atoms with E-state index in [0.717, 1.165) is 11.8 Å². The number of fused-ring (bicyclic) bond motifs is 16. The van der Waals surface area contributed by atoms with Crippen LogP contribution in [0.2, 0.25) is 0 Å². The molecule has 3 fully saturated rings. The summed E-state index contributed by atoms with van der Waals surface area (Å²) in [5.74, 6) is 2.32. The molecular weight excluding hydrogens is 671 g/mol. The zero-order valence-electron chi connectivity index (χ0n) is 31.3. The number of nitrogens with zero attached hydrogens (tertiary/aromatic N) is 1. The molecule has 1 nitrogen and oxygen atoms in total. The molecule has 2 bridgehead atoms. The molecule has 266 valence electrons. The quantitative estimate of drug-likeness (QED) is 0.175. The Labute approximate surface area is 323 Å². The van der Waals surface area contributed by atoms with Gasteiger partial charge in [0.15, 0.2) is 0 Å². The Hall–Kier alpha value is -4.66. The molecule has 0 saturated heterocycles. The topological polar surface area (TPSA) is 3.24 Å². The van der Waals surface area contributed by atoms with E-state index in [1.54, 1.807) is 22.3 Å². The molecule has 3 saturated carbocycles. The predicted octanol–water partition coefficient (Wildman–Crippen LogP) is 14.9. The fraction of sp³-hybridized carbons (Fsp3) is 0.308. The number of anilines is 3. The highest BCUT2D eigenvalue weighted by atomic mass is 32.1. The van der Waals surface area contributed by atoms with Crippen molar-refractivity contribution in [3.05, 3.63) is 150 Å². The molecule has 1 heterocycles. The standard InChI is InChI=1S/C52H47NS/c1-2-34-29-33-13-11-14-35(30-33)52(34)45-19-7-4-16-39(45)42-32-37(24-26-46(42)52)53(47-20-12-22-49-50(47)40-17-5-8-21-48(40)54-49)36-23-25-44-41(31-36)38-15-3-6-18-43(38)51(44)27-9-10-28-51/h3-8,12,15-26,31-35H,2,9-11,13-14,27-30H2,1H3. The van der Waals surface area contributed by atoms with Gasteiger partial charge in [0.05, 0.1) is 5.69 Å². The predicted molar refractivity (Wildman–Crippen MR) is 229 cm³/mol. The summed E-state index contributed by atoms with van der Waals surface area (Å²) < 4.78 is 2.70. The Morgan fingerprint density at radius 2 is 1.24 bits per heavy atom. The third kappa shape index (κ3) is 4.11. The molecular formula is C52H47NS. The van der Waals surface area contributed by atoms with Gasteiger partial charge in [0.2, 0.25) is 0 Å². The van der Waals surface area contributed by atoms with Crippen LogP contribution in [0.5, 0.6) is 0 Å². The minimum absolute atomic E-state index is 0.122. The molecule has 0 amide bonds. The van der Waals surface area contributed by atoms with E-state index in [-0.39, 0.29) is 10.8 Å². The van der Waals surface area contributed by atoms with Crippen LogP contribution in [0.25, 0.3) is 42.4 Å². The molecule has 5 aliphatic carbocycles. The van der Waals surface area contributed by atoms with Crippen molar-refractivity contribution in [2.75, 3.05) is 4.90 Å². The van der Waals surface area contributed by atoms with Crippen molar-refractivity contribution in [1.82, 2.24) is 0 Å². The van der Waals surface area contributed by atoms with Crippen LogP contribution in [0.3, 0.4) is 0 Å². The zero-order chi connectivity index (χ0) is 35.6. The van der Waals surface area contributed by atoms with Crippen molar-refractivity contribution < 1.29 is 0 Å². The molecule has 4 unspecified atom stereocenters. The molecule has 12 rings (SSSR count). The SMILES string of the molecule is CCC1CC2CCCC(C2)C12c1ccccc1-c1cc(N(c3ccc4c(c3)-c3ccccc3C43CCCC3)c3cccc4sc5ccccc5c34)ccc12. The molecule has 0 aliphatic heterocycles. The Morgan fingerprint density at radius 3 is 2.06 bits per heavy atom. The summed E-state index contributed by atoms with van der Waals surface area (Å²) in [4.78, 5) is 2.62. The summed E-state index contributed by atoms with van der Waals surface area (Å²) in [6, 6.07) is 50.1. The first-order chi connectivity index (χ1) is 26.7. The van der Waals surface area contributed by atoms with E-state index < -0.39 is 0 Å². The fourth-order valence-corrected chi connectivity index (χ4v) is 14.3. The summed E-state index contributed by atoms with van der Waals surface area (Å²) in [6.07, 6.45) is 13.3. The third-order valence-electron chi connectivity index (χ3n) is 15.1. The molecule has 5 aliphatic rings. The van der Waals surface area contributed by atoms with Crippen molar-refractivity contribution in [2.24, 2.45) is 17.8 Å². The van der Waals surface area contributed by atoms with Gasteiger partial charge in [0.1, 0.15) is 0 Å². The average Bonchev–Trinajstić information content (AvgIpc) is 3.99. The minimum atomic E-state index is 0.122. The van der Waals surface area contributed by atoms with Crippen LogP contribution in [0.4, 0.5) is 17.1 Å². The van der Waals surface area contributed by atoms with Gasteiger partial charge in [-0.2, -0.15) is 0 Å². The molecule has 4 atom stereocenters. The second kappa shape index (κ2) is 11.7. The lowest BCUT2D eigenvalue weighted by Gasteiger charge is -2.54. The van der Waals surface area contributed by atoms with Gasteiger partial charge in [0.25, 0.3) is 0 Å². The summed E-state index contributed by atoms with van der Waals surface area (Å²) in [7, 11) is 0. The smallest absolute Gasteiger partial charge is 0.0554 e. The first-order valence-electron chi connectivity index (χ1n) is 20.9. The number of thiophene rings is 1. The van der Waals surface area contributed by atoms with Crippen LogP contribution in [0.15, 0.2) is 127 Å². The van der Waals surface area contributed by atoms with E-state index in [2.05, 4.69) is 139 Å². The van der Waals surface area contributed by atoms with Crippen molar-refractivity contribution in [3.8, 4) is 22.3 Å². The fourth-order valence-electron chi connectivity index (χ4n) is 13.2. The van der Waals surface area contributed by atoms with Crippen LogP contribution in [-0.4, -0.2) is 0 Å². The molecule has 6 aromatic carbocycles. The van der Waals surface area contributed by atoms with Crippen molar-refractivity contribution in [1.29, 1.82) is 0 Å². The van der Waals surface area contributed by atoms with E-state index in [0.29, 0.717) is 5.92 Å². The number of hydrogen-bond acceptors (Lipinski definition) is 2. The maximum absolute atomic E-state index is 2.62. The van der Waals surface area contributed by atoms with Crippen LogP contribution < -0.4 is 4.90 Å². The van der Waals surface area contributed by atoms with Crippen molar-refractivity contribution >= 4 is 48.6 Å². The van der Waals surface area contributed by atoms with Gasteiger partial charge in [-0.25, -0.2) is 0 Å². The highest BCUT2D eigenvalue weighted by Crippen LogP contribution is 2.65. The highest BCUT2D eigenvalue weighted by molar-refractivity contribution is 7.26. The van der Waals surface area contributed by atoms with Crippen molar-refractivity contribution in [2.45, 2.75) is 82.0 Å². The largest absolute Gasteiger partial charge is 0.310 e. The van der Waals surface area contributed by atoms with Gasteiger partial charge in [-0.05, 0) is 137 Å². The summed E-state index contributed by atoms with van der Waals surface area (Å²) in [5, 5.41) is 2.70. The average molecular weight is 718 g/mol. The maximum Gasteiger partial charge on any atom is 0.0554 e. The van der Waals surface area contributed by atoms with Crippen molar-refractivity contribution in [3.63, 3.8) is 0 Å². The normalized spacial score (nSPS) is 24.2. The van der Waals surface area contributed by atoms with Crippen LogP contribution >= 0.6 is 11.3 Å². The first-order valence-corrected chi connectivity index (χ1v) is 21.7. The third-order valence-corrected chi connectivity index (χ3v) is 16.3. The summed E-state index contributed by atoms with van der Waals surface area (Å²) in [5.41, 5.74) is 16.2. The first kappa shape index (κ1) is 31.7. The van der Waals surface area contributed by atoms with E-state index in [1.807, 2.05) is 11.3 Å². The lowest BCUT2D eigenvalue weighted by Crippen LogP contribution is -2.48. The Kier molecular flexibility index (Phi) is 6.84. The van der Waals surface area contributed by atoms with Gasteiger partial charge < -0.3 is 4.90 Å². The van der Waals surface area contributed by atoms with Gasteiger partial charge >= 0.3 is 0 Å². The lowest BCUT2D eigenvalue weighted by atomic mass is 9.50. The number of hydrogen-bond donors (Lipinski definition) is 0. The molecule has 2 heteroatoms. The second-order valence-corrected chi connectivity index (χ2v) is 18.4. The van der Waals surface area contributed by atoms with E-state index in [1.165, 1.54) is 124 Å². The molecule has 54 heavy (non-hydrogen) atoms. The van der Waals surface area contributed by atoms with E-state index in [4.69, 9.17) is 0 Å². The Balaban J connectivity index is 1.11. The molecule has 0 N–H and O–H groups in total. The monoisotopic (exact) mass is 717 g/mol. The van der Waals surface area contributed by atoms with E-state index >= 15 is 0 Å². The van der Waals surface area contributed by atoms with Gasteiger partial charge in [-0.15, -0.1) is 11.3 Å². The maximum atomic E-state index is 2.62.